The molecule has 25 heavy (non-hydrogen) atoms. The van der Waals surface area contributed by atoms with Gasteiger partial charge in [0.25, 0.3) is 5.91 Å². The number of rotatable bonds is 7. The van der Waals surface area contributed by atoms with Gasteiger partial charge in [0.1, 0.15) is 10.1 Å². The summed E-state index contributed by atoms with van der Waals surface area (Å²) in [5.41, 5.74) is 0.858. The Labute approximate surface area is 157 Å². The molecule has 0 atom stereocenters. The highest BCUT2D eigenvalue weighted by molar-refractivity contribution is 8.23. The summed E-state index contributed by atoms with van der Waals surface area (Å²) < 4.78 is 10.9. The van der Waals surface area contributed by atoms with Gasteiger partial charge < -0.3 is 19.7 Å². The smallest absolute Gasteiger partial charge is 0.316 e. The molecular weight excluding hydrogens is 360 g/mol. The molecule has 0 unspecified atom stereocenters. The molecule has 0 aliphatic carbocycles. The first-order valence-corrected chi connectivity index (χ1v) is 9.45. The Kier molecular flexibility index (Phi) is 8.00. The van der Waals surface area contributed by atoms with E-state index < -0.39 is 5.97 Å². The summed E-state index contributed by atoms with van der Waals surface area (Å²) in [6.45, 7) is 1.91. The number of carbonyl (C=O) groups excluding carboxylic acids is 2. The van der Waals surface area contributed by atoms with Gasteiger partial charge in [0.15, 0.2) is 6.61 Å². The van der Waals surface area contributed by atoms with Gasteiger partial charge in [0, 0.05) is 25.2 Å². The van der Waals surface area contributed by atoms with Crippen LogP contribution in [0.1, 0.15) is 18.4 Å². The number of nitrogens with zero attached hydrogens (tertiary/aromatic N) is 1. The molecule has 8 heteroatoms. The zero-order chi connectivity index (χ0) is 18.1. The second kappa shape index (κ2) is 10.2. The van der Waals surface area contributed by atoms with Gasteiger partial charge in [-0.1, -0.05) is 42.2 Å². The maximum atomic E-state index is 11.8. The Morgan fingerprint density at radius 2 is 2.00 bits per heavy atom. The standard InChI is InChI=1S/C17H22N2O4S2/c1-22-14-7-3-2-6-13(14)10-18-15(20)11-23-16(21)12-25-17(24)19-8-4-5-9-19/h2-3,6-7H,4-5,8-12H2,1H3,(H,18,20). The Morgan fingerprint density at radius 3 is 2.72 bits per heavy atom. The third kappa shape index (κ3) is 6.55. The van der Waals surface area contributed by atoms with Gasteiger partial charge in [-0.2, -0.15) is 0 Å². The van der Waals surface area contributed by atoms with E-state index in [1.165, 1.54) is 11.8 Å². The highest BCUT2D eigenvalue weighted by atomic mass is 32.2. The SMILES string of the molecule is COc1ccccc1CNC(=O)COC(=O)CSC(=S)N1CCCC1. The third-order valence-corrected chi connectivity index (χ3v) is 5.21. The van der Waals surface area contributed by atoms with Crippen molar-refractivity contribution in [2.24, 2.45) is 0 Å². The highest BCUT2D eigenvalue weighted by Crippen LogP contribution is 2.17. The molecule has 0 saturated carbocycles. The van der Waals surface area contributed by atoms with Crippen molar-refractivity contribution < 1.29 is 19.1 Å². The van der Waals surface area contributed by atoms with E-state index in [-0.39, 0.29) is 18.3 Å². The van der Waals surface area contributed by atoms with Crippen LogP contribution in [0.25, 0.3) is 0 Å². The number of esters is 1. The molecule has 136 valence electrons. The molecule has 2 rings (SSSR count). The summed E-state index contributed by atoms with van der Waals surface area (Å²) in [5, 5.41) is 2.70. The van der Waals surface area contributed by atoms with Gasteiger partial charge >= 0.3 is 5.97 Å². The summed E-state index contributed by atoms with van der Waals surface area (Å²) >= 11 is 6.56. The van der Waals surface area contributed by atoms with Crippen molar-refractivity contribution >= 4 is 40.2 Å². The van der Waals surface area contributed by atoms with E-state index in [1.807, 2.05) is 24.3 Å². The predicted molar refractivity (Wildman–Crippen MR) is 102 cm³/mol. The summed E-state index contributed by atoms with van der Waals surface area (Å²) in [6, 6.07) is 7.41. The number of benzene rings is 1. The number of hydrogen-bond acceptors (Lipinski definition) is 6. The van der Waals surface area contributed by atoms with Gasteiger partial charge in [0.05, 0.1) is 12.9 Å². The summed E-state index contributed by atoms with van der Waals surface area (Å²) in [5.74, 6) is 0.0201. The van der Waals surface area contributed by atoms with Gasteiger partial charge in [-0.05, 0) is 18.9 Å². The lowest BCUT2D eigenvalue weighted by atomic mass is 10.2. The number of thioether (sulfide) groups is 1. The molecule has 0 bridgehead atoms. The average Bonchev–Trinajstić information content (AvgIpc) is 3.17. The van der Waals surface area contributed by atoms with Crippen LogP contribution in [-0.4, -0.2) is 53.7 Å². The Balaban J connectivity index is 1.63. The van der Waals surface area contributed by atoms with Gasteiger partial charge in [0.2, 0.25) is 0 Å². The van der Waals surface area contributed by atoms with Crippen LogP contribution in [0, 0.1) is 0 Å². The molecule has 0 spiro atoms. The van der Waals surface area contributed by atoms with E-state index in [0.29, 0.717) is 12.3 Å². The van der Waals surface area contributed by atoms with Crippen molar-refractivity contribution in [1.82, 2.24) is 10.2 Å². The van der Waals surface area contributed by atoms with Gasteiger partial charge in [-0.25, -0.2) is 0 Å². The molecule has 1 aromatic carbocycles. The predicted octanol–water partition coefficient (Wildman–Crippen LogP) is 1.97. The van der Waals surface area contributed by atoms with Crippen molar-refractivity contribution in [3.63, 3.8) is 0 Å². The van der Waals surface area contributed by atoms with Crippen LogP contribution in [0.3, 0.4) is 0 Å². The number of para-hydroxylation sites is 1. The largest absolute Gasteiger partial charge is 0.496 e. The fourth-order valence-corrected chi connectivity index (χ4v) is 3.44. The van der Waals surface area contributed by atoms with E-state index in [9.17, 15) is 9.59 Å². The van der Waals surface area contributed by atoms with E-state index in [0.717, 1.165) is 35.8 Å². The molecule has 1 saturated heterocycles. The van der Waals surface area contributed by atoms with Crippen LogP contribution in [-0.2, 0) is 20.9 Å². The molecule has 1 amide bonds. The maximum absolute atomic E-state index is 11.8. The van der Waals surface area contributed by atoms with Gasteiger partial charge in [-0.3, -0.25) is 9.59 Å². The molecule has 6 nitrogen and oxygen atoms in total. The molecule has 1 N–H and O–H groups in total. The van der Waals surface area contributed by atoms with Crippen molar-refractivity contribution in [2.75, 3.05) is 32.6 Å². The molecule has 1 fully saturated rings. The number of ether oxygens (including phenoxy) is 2. The molecule has 1 aliphatic heterocycles. The average molecular weight is 383 g/mol. The van der Waals surface area contributed by atoms with Crippen molar-refractivity contribution in [3.05, 3.63) is 29.8 Å². The van der Waals surface area contributed by atoms with E-state index in [4.69, 9.17) is 21.7 Å². The maximum Gasteiger partial charge on any atom is 0.316 e. The van der Waals surface area contributed by atoms with E-state index in [1.54, 1.807) is 7.11 Å². The molecule has 1 aliphatic rings. The number of hydrogen-bond donors (Lipinski definition) is 1. The lowest BCUT2D eigenvalue weighted by molar-refractivity contribution is -0.145. The first-order chi connectivity index (χ1) is 12.1. The van der Waals surface area contributed by atoms with Crippen LogP contribution >= 0.6 is 24.0 Å². The molecule has 1 aromatic rings. The van der Waals surface area contributed by atoms with Gasteiger partial charge in [-0.15, -0.1) is 0 Å². The van der Waals surface area contributed by atoms with Crippen LogP contribution in [0.2, 0.25) is 0 Å². The number of nitrogens with one attached hydrogen (secondary N) is 1. The van der Waals surface area contributed by atoms with Crippen LogP contribution < -0.4 is 10.1 Å². The number of likely N-dealkylation sites (tertiary alicyclic amines) is 1. The summed E-state index contributed by atoms with van der Waals surface area (Å²) in [7, 11) is 1.58. The first-order valence-electron chi connectivity index (χ1n) is 8.06. The minimum absolute atomic E-state index is 0.120. The lowest BCUT2D eigenvalue weighted by Gasteiger charge is -2.17. The quantitative estimate of drug-likeness (QED) is 0.571. The topological polar surface area (TPSA) is 67.9 Å². The molecule has 1 heterocycles. The lowest BCUT2D eigenvalue weighted by Crippen LogP contribution is -2.29. The number of thiocarbonyl (C=S) groups is 1. The third-order valence-electron chi connectivity index (χ3n) is 3.71. The number of carbonyl (C=O) groups is 2. The monoisotopic (exact) mass is 382 g/mol. The Morgan fingerprint density at radius 1 is 1.28 bits per heavy atom. The fraction of sp³-hybridized carbons (Fsp3) is 0.471. The highest BCUT2D eigenvalue weighted by Gasteiger charge is 2.17. The van der Waals surface area contributed by atoms with E-state index in [2.05, 4.69) is 10.2 Å². The summed E-state index contributed by atoms with van der Waals surface area (Å²) in [6.07, 6.45) is 2.27. The zero-order valence-corrected chi connectivity index (χ0v) is 15.8. The minimum atomic E-state index is -0.445. The van der Waals surface area contributed by atoms with E-state index >= 15 is 0 Å². The van der Waals surface area contributed by atoms with Crippen LogP contribution in [0.5, 0.6) is 5.75 Å². The fourth-order valence-electron chi connectivity index (χ4n) is 2.39. The molecular formula is C17H22N2O4S2. The van der Waals surface area contributed by atoms with Crippen molar-refractivity contribution in [1.29, 1.82) is 0 Å². The van der Waals surface area contributed by atoms with Crippen LogP contribution in [0.15, 0.2) is 24.3 Å². The number of amides is 1. The second-order valence-corrected chi connectivity index (χ2v) is 7.11. The van der Waals surface area contributed by atoms with Crippen molar-refractivity contribution in [2.45, 2.75) is 19.4 Å². The Bertz CT molecular complexity index is 618. The van der Waals surface area contributed by atoms with Crippen LogP contribution in [0.4, 0.5) is 0 Å². The normalized spacial score (nSPS) is 13.4. The first kappa shape index (κ1) is 19.5. The molecule has 0 radical (unpaired) electrons. The second-order valence-electron chi connectivity index (χ2n) is 5.50. The summed E-state index contributed by atoms with van der Waals surface area (Å²) in [4.78, 5) is 25.6. The minimum Gasteiger partial charge on any atom is -0.496 e. The number of methoxy groups -OCH3 is 1. The van der Waals surface area contributed by atoms with Crippen molar-refractivity contribution in [3.8, 4) is 5.75 Å². The Hall–Kier alpha value is -1.80. The zero-order valence-electron chi connectivity index (χ0n) is 14.2. The molecule has 0 aromatic heterocycles.